The molecular formula is C29H28ClFN4O2. The van der Waals surface area contributed by atoms with Gasteiger partial charge < -0.3 is 19.5 Å². The second-order valence-corrected chi connectivity index (χ2v) is 10.2. The summed E-state index contributed by atoms with van der Waals surface area (Å²) in [7, 11) is 0. The molecule has 4 aromatic rings. The van der Waals surface area contributed by atoms with Crippen LogP contribution in [-0.2, 0) is 6.54 Å². The van der Waals surface area contributed by atoms with E-state index in [1.807, 2.05) is 28.9 Å². The lowest BCUT2D eigenvalue weighted by atomic mass is 9.95. The third kappa shape index (κ3) is 4.64. The molecule has 190 valence electrons. The van der Waals surface area contributed by atoms with E-state index >= 15 is 0 Å². The first-order chi connectivity index (χ1) is 18.0. The molecule has 37 heavy (non-hydrogen) atoms. The van der Waals surface area contributed by atoms with Crippen LogP contribution in [0.4, 0.5) is 9.18 Å². The first kappa shape index (κ1) is 23.8. The number of urea groups is 1. The van der Waals surface area contributed by atoms with Crippen molar-refractivity contribution in [2.24, 2.45) is 0 Å². The number of amides is 2. The van der Waals surface area contributed by atoms with Crippen LogP contribution in [0.25, 0.3) is 22.2 Å². The Kier molecular flexibility index (Phi) is 6.24. The molecule has 2 aliphatic heterocycles. The van der Waals surface area contributed by atoms with Crippen LogP contribution in [0.1, 0.15) is 42.3 Å². The van der Waals surface area contributed by atoms with E-state index in [4.69, 9.17) is 16.3 Å². The fraction of sp³-hybridized carbons (Fsp3) is 0.310. The highest BCUT2D eigenvalue weighted by Gasteiger charge is 2.32. The number of nitrogens with zero attached hydrogens (tertiary/aromatic N) is 3. The summed E-state index contributed by atoms with van der Waals surface area (Å²) in [4.78, 5) is 25.4. The van der Waals surface area contributed by atoms with Crippen molar-refractivity contribution in [2.75, 3.05) is 19.7 Å². The van der Waals surface area contributed by atoms with E-state index in [2.05, 4.69) is 34.2 Å². The zero-order chi connectivity index (χ0) is 25.5. The minimum Gasteiger partial charge on any atom is -0.491 e. The van der Waals surface area contributed by atoms with Crippen molar-refractivity contribution in [1.82, 2.24) is 19.8 Å². The van der Waals surface area contributed by atoms with Gasteiger partial charge in [0.25, 0.3) is 0 Å². The van der Waals surface area contributed by atoms with Gasteiger partial charge in [-0.1, -0.05) is 29.8 Å². The molecule has 6 rings (SSSR count). The van der Waals surface area contributed by atoms with Crippen LogP contribution < -0.4 is 4.74 Å². The summed E-state index contributed by atoms with van der Waals surface area (Å²) in [6, 6.07) is 17.0. The molecule has 2 aliphatic rings. The Morgan fingerprint density at radius 2 is 1.92 bits per heavy atom. The minimum absolute atomic E-state index is 0.0265. The fourth-order valence-electron chi connectivity index (χ4n) is 5.46. The fourth-order valence-corrected chi connectivity index (χ4v) is 5.65. The zero-order valence-electron chi connectivity index (χ0n) is 20.6. The highest BCUT2D eigenvalue weighted by atomic mass is 35.5. The van der Waals surface area contributed by atoms with Gasteiger partial charge in [-0.15, -0.1) is 0 Å². The number of hydrogen-bond donors (Lipinski definition) is 1. The van der Waals surface area contributed by atoms with E-state index in [-0.39, 0.29) is 17.1 Å². The Labute approximate surface area is 220 Å². The van der Waals surface area contributed by atoms with E-state index < -0.39 is 5.82 Å². The van der Waals surface area contributed by atoms with Gasteiger partial charge in [-0.25, -0.2) is 14.2 Å². The number of imidazole rings is 1. The smallest absolute Gasteiger partial charge is 0.320 e. The van der Waals surface area contributed by atoms with Gasteiger partial charge >= 0.3 is 6.03 Å². The number of halogens is 2. The maximum atomic E-state index is 13.8. The maximum Gasteiger partial charge on any atom is 0.320 e. The first-order valence-corrected chi connectivity index (χ1v) is 13.1. The van der Waals surface area contributed by atoms with Crippen molar-refractivity contribution in [3.8, 4) is 16.9 Å². The van der Waals surface area contributed by atoms with E-state index in [9.17, 15) is 9.18 Å². The summed E-state index contributed by atoms with van der Waals surface area (Å²) in [5, 5.41) is 0.0866. The van der Waals surface area contributed by atoms with Crippen molar-refractivity contribution in [3.63, 3.8) is 0 Å². The van der Waals surface area contributed by atoms with E-state index in [1.54, 1.807) is 12.1 Å². The Morgan fingerprint density at radius 3 is 2.78 bits per heavy atom. The molecule has 1 unspecified atom stereocenters. The summed E-state index contributed by atoms with van der Waals surface area (Å²) in [5.41, 5.74) is 5.91. The summed E-state index contributed by atoms with van der Waals surface area (Å²) in [6.07, 6.45) is 2.78. The summed E-state index contributed by atoms with van der Waals surface area (Å²) >= 11 is 6.07. The molecule has 1 atom stereocenters. The number of carbonyl (C=O) groups excluding carboxylic acids is 1. The molecule has 1 saturated heterocycles. The van der Waals surface area contributed by atoms with Crippen molar-refractivity contribution < 1.29 is 13.9 Å². The van der Waals surface area contributed by atoms with Gasteiger partial charge in [0.15, 0.2) is 0 Å². The van der Waals surface area contributed by atoms with Crippen LogP contribution in [-0.4, -0.2) is 45.5 Å². The number of ether oxygens (including phenoxy) is 1. The largest absolute Gasteiger partial charge is 0.491 e. The molecule has 2 amide bonds. The lowest BCUT2D eigenvalue weighted by Crippen LogP contribution is -2.47. The molecule has 8 heteroatoms. The number of H-pyrrole nitrogens is 1. The highest BCUT2D eigenvalue weighted by molar-refractivity contribution is 6.30. The van der Waals surface area contributed by atoms with Crippen molar-refractivity contribution in [2.45, 2.75) is 38.8 Å². The molecule has 1 aromatic heterocycles. The molecular weight excluding hydrogens is 491 g/mol. The van der Waals surface area contributed by atoms with Crippen molar-refractivity contribution in [1.29, 1.82) is 0 Å². The summed E-state index contributed by atoms with van der Waals surface area (Å²) in [5.74, 6) is 1.24. The van der Waals surface area contributed by atoms with Gasteiger partial charge in [-0.3, -0.25) is 0 Å². The molecule has 0 spiro atoms. The van der Waals surface area contributed by atoms with Crippen LogP contribution >= 0.6 is 11.6 Å². The van der Waals surface area contributed by atoms with Crippen LogP contribution in [0, 0.1) is 12.7 Å². The second kappa shape index (κ2) is 9.71. The predicted octanol–water partition coefficient (Wildman–Crippen LogP) is 6.87. The van der Waals surface area contributed by atoms with Crippen LogP contribution in [0.2, 0.25) is 5.02 Å². The number of aryl methyl sites for hydroxylation is 1. The van der Waals surface area contributed by atoms with Crippen LogP contribution in [0.5, 0.6) is 5.75 Å². The number of aromatic nitrogens is 2. The standard InChI is InChI=1S/C29H28ClFN4O2/c1-18-32-25-9-6-20(16-26(25)33-18)19-7-10-28-22(14-19)17-34(12-13-37-28)29(36)35-11-3-2-4-27(35)21-5-8-24(31)23(30)15-21/h5-10,14-16,27H,2-4,11-13,17H2,1H3,(H,32,33). The van der Waals surface area contributed by atoms with Gasteiger partial charge in [0.1, 0.15) is 24.0 Å². The van der Waals surface area contributed by atoms with Gasteiger partial charge in [0.2, 0.25) is 0 Å². The van der Waals surface area contributed by atoms with Gasteiger partial charge in [0, 0.05) is 12.1 Å². The zero-order valence-corrected chi connectivity index (χ0v) is 21.4. The second-order valence-electron chi connectivity index (χ2n) is 9.81. The number of likely N-dealkylation sites (tertiary alicyclic amines) is 1. The lowest BCUT2D eigenvalue weighted by molar-refractivity contribution is 0.110. The Morgan fingerprint density at radius 1 is 1.08 bits per heavy atom. The van der Waals surface area contributed by atoms with E-state index in [0.29, 0.717) is 26.2 Å². The molecule has 1 fully saturated rings. The maximum absolute atomic E-state index is 13.8. The molecule has 3 heterocycles. The molecule has 0 saturated carbocycles. The van der Waals surface area contributed by atoms with Gasteiger partial charge in [0.05, 0.1) is 35.2 Å². The molecule has 0 bridgehead atoms. The van der Waals surface area contributed by atoms with Crippen LogP contribution in [0.3, 0.4) is 0 Å². The molecule has 0 radical (unpaired) electrons. The molecule has 3 aromatic carbocycles. The first-order valence-electron chi connectivity index (χ1n) is 12.7. The Bertz CT molecular complexity index is 1490. The lowest BCUT2D eigenvalue weighted by Gasteiger charge is -2.39. The molecule has 0 aliphatic carbocycles. The monoisotopic (exact) mass is 518 g/mol. The SMILES string of the molecule is Cc1nc2ccc(-c3ccc4c(c3)CN(C(=O)N3CCCCC3c3ccc(F)c(Cl)c3)CCO4)cc2[nH]1. The van der Waals surface area contributed by atoms with Crippen LogP contribution in [0.15, 0.2) is 54.6 Å². The number of carbonyl (C=O) groups is 1. The minimum atomic E-state index is -0.446. The van der Waals surface area contributed by atoms with Gasteiger partial charge in [-0.2, -0.15) is 0 Å². The number of hydrogen-bond acceptors (Lipinski definition) is 3. The average Bonchev–Trinajstić information content (AvgIpc) is 3.15. The summed E-state index contributed by atoms with van der Waals surface area (Å²) in [6.45, 7) is 3.99. The quantitative estimate of drug-likeness (QED) is 0.315. The van der Waals surface area contributed by atoms with E-state index in [1.165, 1.54) is 6.07 Å². The number of aromatic amines is 1. The third-order valence-corrected chi connectivity index (χ3v) is 7.61. The highest BCUT2D eigenvalue weighted by Crippen LogP contribution is 2.35. The normalized spacial score (nSPS) is 17.9. The average molecular weight is 519 g/mol. The number of nitrogens with one attached hydrogen (secondary N) is 1. The third-order valence-electron chi connectivity index (χ3n) is 7.32. The number of benzene rings is 3. The predicted molar refractivity (Wildman–Crippen MR) is 142 cm³/mol. The van der Waals surface area contributed by atoms with Gasteiger partial charge in [-0.05, 0) is 79.3 Å². The molecule has 6 nitrogen and oxygen atoms in total. The Hall–Kier alpha value is -3.58. The Balaban J connectivity index is 1.27. The van der Waals surface area contributed by atoms with Crippen molar-refractivity contribution in [3.05, 3.63) is 82.4 Å². The number of rotatable bonds is 2. The van der Waals surface area contributed by atoms with E-state index in [0.717, 1.165) is 64.1 Å². The number of fused-ring (bicyclic) bond motifs is 2. The summed E-state index contributed by atoms with van der Waals surface area (Å²) < 4.78 is 19.8. The van der Waals surface area contributed by atoms with Crippen molar-refractivity contribution >= 4 is 28.7 Å². The number of piperidine rings is 1. The molecule has 1 N–H and O–H groups in total. The topological polar surface area (TPSA) is 61.5 Å².